The van der Waals surface area contributed by atoms with E-state index in [0.717, 1.165) is 21.2 Å². The molecular weight excluding hydrogens is 332 g/mol. The average molecular weight is 345 g/mol. The molecule has 2 aromatic rings. The molecule has 1 aromatic carbocycles. The van der Waals surface area contributed by atoms with Gasteiger partial charge >= 0.3 is 0 Å². The predicted octanol–water partition coefficient (Wildman–Crippen LogP) is 3.26. The molecule has 0 atom stereocenters. The fourth-order valence-electron chi connectivity index (χ4n) is 2.48. The van der Waals surface area contributed by atoms with Gasteiger partial charge in [0.05, 0.1) is 6.54 Å². The van der Waals surface area contributed by atoms with Crippen molar-refractivity contribution in [2.45, 2.75) is 20.4 Å². The van der Waals surface area contributed by atoms with Crippen LogP contribution >= 0.6 is 15.9 Å². The quantitative estimate of drug-likeness (QED) is 0.746. The number of hydrogen-bond acceptors (Lipinski definition) is 3. The van der Waals surface area contributed by atoms with Crippen LogP contribution in [0.3, 0.4) is 0 Å². The molecule has 1 aliphatic heterocycles. The molecule has 0 fully saturated rings. The fraction of sp³-hybridized carbons (Fsp3) is 0.188. The summed E-state index contributed by atoms with van der Waals surface area (Å²) >= 11 is 3.45. The Morgan fingerprint density at radius 3 is 2.71 bits per heavy atom. The molecule has 0 aliphatic carbocycles. The van der Waals surface area contributed by atoms with Crippen LogP contribution in [0.1, 0.15) is 37.5 Å². The number of pyridine rings is 1. The van der Waals surface area contributed by atoms with Gasteiger partial charge in [0, 0.05) is 16.2 Å². The number of halogens is 1. The van der Waals surface area contributed by atoms with E-state index in [-0.39, 0.29) is 11.8 Å². The van der Waals surface area contributed by atoms with Crippen molar-refractivity contribution in [1.82, 2.24) is 9.88 Å². The number of nitrogens with zero attached hydrogens (tertiary/aromatic N) is 2. The summed E-state index contributed by atoms with van der Waals surface area (Å²) in [4.78, 5) is 30.4. The number of carbonyl (C=O) groups is 2. The van der Waals surface area contributed by atoms with E-state index in [1.807, 2.05) is 26.0 Å². The molecule has 0 radical (unpaired) electrons. The summed E-state index contributed by atoms with van der Waals surface area (Å²) in [5.41, 5.74) is 3.49. The van der Waals surface area contributed by atoms with Gasteiger partial charge in [-0.05, 0) is 36.6 Å². The molecule has 21 heavy (non-hydrogen) atoms. The number of rotatable bonds is 1. The normalized spacial score (nSPS) is 13.5. The smallest absolute Gasteiger partial charge is 0.269 e. The second-order valence-corrected chi connectivity index (χ2v) is 5.88. The Labute approximate surface area is 130 Å². The lowest BCUT2D eigenvalue weighted by Gasteiger charge is -2.15. The Bertz CT molecular complexity index is 771. The summed E-state index contributed by atoms with van der Waals surface area (Å²) in [5.74, 6) is -0.608. The minimum atomic E-state index is -0.352. The first-order chi connectivity index (χ1) is 10.0. The van der Waals surface area contributed by atoms with Gasteiger partial charge < -0.3 is 0 Å². The third kappa shape index (κ3) is 2.17. The zero-order chi connectivity index (χ0) is 15.1. The predicted molar refractivity (Wildman–Crippen MR) is 82.1 cm³/mol. The van der Waals surface area contributed by atoms with Crippen LogP contribution in [0.15, 0.2) is 34.9 Å². The number of aryl methyl sites for hydroxylation is 1. The average Bonchev–Trinajstić information content (AvgIpc) is 2.82. The maximum atomic E-state index is 12.6. The Morgan fingerprint density at radius 2 is 2.00 bits per heavy atom. The van der Waals surface area contributed by atoms with Gasteiger partial charge in [-0.25, -0.2) is 0 Å². The Kier molecular flexibility index (Phi) is 3.37. The number of amides is 2. The van der Waals surface area contributed by atoms with E-state index in [1.54, 1.807) is 18.3 Å². The number of imide groups is 1. The van der Waals surface area contributed by atoms with Crippen molar-refractivity contribution in [3.63, 3.8) is 0 Å². The molecule has 1 aromatic heterocycles. The second-order valence-electron chi connectivity index (χ2n) is 5.08. The van der Waals surface area contributed by atoms with Gasteiger partial charge in [0.25, 0.3) is 11.8 Å². The summed E-state index contributed by atoms with van der Waals surface area (Å²) < 4.78 is 0.852. The maximum absolute atomic E-state index is 12.6. The lowest BCUT2D eigenvalue weighted by molar-refractivity contribution is 0.0627. The van der Waals surface area contributed by atoms with Crippen molar-refractivity contribution in [2.75, 3.05) is 0 Å². The Morgan fingerprint density at radius 1 is 1.29 bits per heavy atom. The molecule has 0 saturated heterocycles. The molecular formula is C16H13BrN2O2. The Hall–Kier alpha value is -2.01. The van der Waals surface area contributed by atoms with Crippen molar-refractivity contribution in [2.24, 2.45) is 0 Å². The van der Waals surface area contributed by atoms with Crippen LogP contribution in [0.25, 0.3) is 0 Å². The summed E-state index contributed by atoms with van der Waals surface area (Å²) in [6.07, 6.45) is 1.64. The summed E-state index contributed by atoms with van der Waals surface area (Å²) in [7, 11) is 0. The van der Waals surface area contributed by atoms with Crippen LogP contribution in [0, 0.1) is 13.8 Å². The molecule has 3 rings (SSSR count). The zero-order valence-corrected chi connectivity index (χ0v) is 13.3. The Balaban J connectivity index is 1.99. The highest BCUT2D eigenvalue weighted by Crippen LogP contribution is 2.27. The third-order valence-electron chi connectivity index (χ3n) is 3.69. The van der Waals surface area contributed by atoms with E-state index in [2.05, 4.69) is 20.9 Å². The molecule has 1 aliphatic rings. The molecule has 0 bridgehead atoms. The number of carbonyl (C=O) groups excluding carboxylic acids is 2. The second kappa shape index (κ2) is 5.07. The molecule has 0 saturated carbocycles. The van der Waals surface area contributed by atoms with Gasteiger partial charge in [-0.1, -0.05) is 34.1 Å². The van der Waals surface area contributed by atoms with Crippen LogP contribution < -0.4 is 0 Å². The SMILES string of the molecule is Cc1cnc(C(=O)N2Cc3ccccc3C2=O)c(C)c1Br. The first-order valence-electron chi connectivity index (χ1n) is 6.56. The van der Waals surface area contributed by atoms with E-state index in [9.17, 15) is 9.59 Å². The topological polar surface area (TPSA) is 50.3 Å². The number of hydrogen-bond donors (Lipinski definition) is 0. The highest BCUT2D eigenvalue weighted by molar-refractivity contribution is 9.10. The lowest BCUT2D eigenvalue weighted by atomic mass is 10.1. The summed E-state index contributed by atoms with van der Waals surface area (Å²) in [6, 6.07) is 7.28. The summed E-state index contributed by atoms with van der Waals surface area (Å²) in [5, 5.41) is 0. The first-order valence-corrected chi connectivity index (χ1v) is 7.36. The summed E-state index contributed by atoms with van der Waals surface area (Å²) in [6.45, 7) is 4.04. The van der Waals surface area contributed by atoms with Crippen molar-refractivity contribution in [3.05, 3.63) is 62.9 Å². The highest BCUT2D eigenvalue weighted by atomic mass is 79.9. The molecule has 106 valence electrons. The molecule has 0 N–H and O–H groups in total. The van der Waals surface area contributed by atoms with E-state index >= 15 is 0 Å². The molecule has 5 heteroatoms. The van der Waals surface area contributed by atoms with Crippen molar-refractivity contribution in [3.8, 4) is 0 Å². The van der Waals surface area contributed by atoms with Crippen molar-refractivity contribution >= 4 is 27.7 Å². The van der Waals surface area contributed by atoms with Gasteiger partial charge in [-0.15, -0.1) is 0 Å². The standard InChI is InChI=1S/C16H13BrN2O2/c1-9-7-18-14(10(2)13(9)17)16(21)19-8-11-5-3-4-6-12(11)15(19)20/h3-7H,8H2,1-2H3. The molecule has 4 nitrogen and oxygen atoms in total. The van der Waals surface area contributed by atoms with E-state index in [4.69, 9.17) is 0 Å². The van der Waals surface area contributed by atoms with Gasteiger partial charge in [0.15, 0.2) is 0 Å². The zero-order valence-electron chi connectivity index (χ0n) is 11.7. The molecule has 0 spiro atoms. The van der Waals surface area contributed by atoms with E-state index in [0.29, 0.717) is 17.8 Å². The van der Waals surface area contributed by atoms with Crippen LogP contribution in [0.4, 0.5) is 0 Å². The van der Waals surface area contributed by atoms with Crippen molar-refractivity contribution in [1.29, 1.82) is 0 Å². The molecule has 2 heterocycles. The maximum Gasteiger partial charge on any atom is 0.279 e. The number of fused-ring (bicyclic) bond motifs is 1. The fourth-order valence-corrected chi connectivity index (χ4v) is 2.77. The minimum Gasteiger partial charge on any atom is -0.269 e. The van der Waals surface area contributed by atoms with Crippen LogP contribution in [0.5, 0.6) is 0 Å². The number of aromatic nitrogens is 1. The first kappa shape index (κ1) is 13.9. The van der Waals surface area contributed by atoms with E-state index in [1.165, 1.54) is 4.90 Å². The minimum absolute atomic E-state index is 0.256. The monoisotopic (exact) mass is 344 g/mol. The van der Waals surface area contributed by atoms with Crippen LogP contribution in [-0.4, -0.2) is 21.7 Å². The van der Waals surface area contributed by atoms with Crippen molar-refractivity contribution < 1.29 is 9.59 Å². The lowest BCUT2D eigenvalue weighted by Crippen LogP contribution is -2.32. The molecule has 2 amide bonds. The largest absolute Gasteiger partial charge is 0.279 e. The van der Waals surface area contributed by atoms with Crippen LogP contribution in [0.2, 0.25) is 0 Å². The van der Waals surface area contributed by atoms with Gasteiger partial charge in [-0.2, -0.15) is 0 Å². The highest BCUT2D eigenvalue weighted by Gasteiger charge is 2.33. The van der Waals surface area contributed by atoms with Gasteiger partial charge in [0.2, 0.25) is 0 Å². The van der Waals surface area contributed by atoms with Gasteiger partial charge in [0.1, 0.15) is 5.69 Å². The van der Waals surface area contributed by atoms with E-state index < -0.39 is 0 Å². The van der Waals surface area contributed by atoms with Crippen LogP contribution in [-0.2, 0) is 6.54 Å². The van der Waals surface area contributed by atoms with Gasteiger partial charge in [-0.3, -0.25) is 19.5 Å². The molecule has 0 unspecified atom stereocenters. The number of benzene rings is 1. The third-order valence-corrected chi connectivity index (χ3v) is 4.91.